The first-order valence-corrected chi connectivity index (χ1v) is 7.92. The Morgan fingerprint density at radius 1 is 0.875 bits per heavy atom. The molecule has 4 heteroatoms. The number of hydrogen-bond donors (Lipinski definition) is 1. The van der Waals surface area contributed by atoms with Gasteiger partial charge < -0.3 is 10.1 Å². The number of halogens is 1. The quantitative estimate of drug-likeness (QED) is 0.697. The Kier molecular flexibility index (Phi) is 5.14. The van der Waals surface area contributed by atoms with Crippen LogP contribution in [0.15, 0.2) is 78.9 Å². The van der Waals surface area contributed by atoms with Crippen molar-refractivity contribution in [2.45, 2.75) is 6.61 Å². The second kappa shape index (κ2) is 7.66. The zero-order valence-corrected chi connectivity index (χ0v) is 13.7. The second-order valence-electron chi connectivity index (χ2n) is 5.26. The fourth-order valence-corrected chi connectivity index (χ4v) is 2.31. The smallest absolute Gasteiger partial charge is 0.255 e. The molecule has 0 saturated heterocycles. The standard InChI is InChI=1S/C20H16ClNO2/c21-17-8-6-16(7-9-17)20(23)22-18-10-12-19(13-11-18)24-14-15-4-2-1-3-5-15/h1-13H,14H2,(H,22,23). The van der Waals surface area contributed by atoms with Gasteiger partial charge in [-0.3, -0.25) is 4.79 Å². The number of hydrogen-bond acceptors (Lipinski definition) is 2. The third-order valence-electron chi connectivity index (χ3n) is 3.47. The van der Waals surface area contributed by atoms with Crippen molar-refractivity contribution < 1.29 is 9.53 Å². The van der Waals surface area contributed by atoms with Gasteiger partial charge in [0.05, 0.1) is 0 Å². The Morgan fingerprint density at radius 2 is 1.54 bits per heavy atom. The van der Waals surface area contributed by atoms with Crippen LogP contribution in [0.4, 0.5) is 5.69 Å². The van der Waals surface area contributed by atoms with Crippen molar-refractivity contribution in [3.05, 3.63) is 95.0 Å². The van der Waals surface area contributed by atoms with Gasteiger partial charge in [-0.2, -0.15) is 0 Å². The van der Waals surface area contributed by atoms with Crippen LogP contribution < -0.4 is 10.1 Å². The molecule has 0 aliphatic rings. The SMILES string of the molecule is O=C(Nc1ccc(OCc2ccccc2)cc1)c1ccc(Cl)cc1. The van der Waals surface area contributed by atoms with E-state index in [4.69, 9.17) is 16.3 Å². The van der Waals surface area contributed by atoms with E-state index in [9.17, 15) is 4.79 Å². The van der Waals surface area contributed by atoms with Crippen molar-refractivity contribution in [1.82, 2.24) is 0 Å². The van der Waals surface area contributed by atoms with E-state index in [1.165, 1.54) is 0 Å². The molecule has 3 rings (SSSR count). The molecule has 0 atom stereocenters. The normalized spacial score (nSPS) is 10.2. The lowest BCUT2D eigenvalue weighted by Gasteiger charge is -2.08. The van der Waals surface area contributed by atoms with Crippen molar-refractivity contribution in [3.63, 3.8) is 0 Å². The Morgan fingerprint density at radius 3 is 2.21 bits per heavy atom. The number of ether oxygens (including phenoxy) is 1. The van der Waals surface area contributed by atoms with Crippen LogP contribution in [-0.2, 0) is 6.61 Å². The van der Waals surface area contributed by atoms with Gasteiger partial charge in [0.15, 0.2) is 0 Å². The Labute approximate surface area is 145 Å². The predicted octanol–water partition coefficient (Wildman–Crippen LogP) is 5.17. The molecule has 0 radical (unpaired) electrons. The molecule has 3 nitrogen and oxygen atoms in total. The van der Waals surface area contributed by atoms with Crippen LogP contribution in [0.2, 0.25) is 5.02 Å². The van der Waals surface area contributed by atoms with Gasteiger partial charge in [-0.1, -0.05) is 41.9 Å². The minimum Gasteiger partial charge on any atom is -0.489 e. The van der Waals surface area contributed by atoms with E-state index in [1.54, 1.807) is 24.3 Å². The van der Waals surface area contributed by atoms with Gasteiger partial charge in [-0.05, 0) is 54.1 Å². The number of rotatable bonds is 5. The number of carbonyl (C=O) groups excluding carboxylic acids is 1. The molecule has 120 valence electrons. The monoisotopic (exact) mass is 337 g/mol. The molecule has 0 spiro atoms. The average molecular weight is 338 g/mol. The first-order chi connectivity index (χ1) is 11.7. The van der Waals surface area contributed by atoms with Gasteiger partial charge in [0.2, 0.25) is 0 Å². The molecule has 3 aromatic carbocycles. The van der Waals surface area contributed by atoms with Crippen molar-refractivity contribution in [3.8, 4) is 5.75 Å². The summed E-state index contributed by atoms with van der Waals surface area (Å²) in [6, 6.07) is 24.0. The molecule has 0 saturated carbocycles. The lowest BCUT2D eigenvalue weighted by atomic mass is 10.2. The van der Waals surface area contributed by atoms with Gasteiger partial charge in [-0.15, -0.1) is 0 Å². The maximum atomic E-state index is 12.1. The molecule has 0 aliphatic carbocycles. The molecular formula is C20H16ClNO2. The van der Waals surface area contributed by atoms with Crippen LogP contribution in [0, 0.1) is 0 Å². The molecule has 0 unspecified atom stereocenters. The minimum atomic E-state index is -0.176. The van der Waals surface area contributed by atoms with Crippen LogP contribution in [-0.4, -0.2) is 5.91 Å². The topological polar surface area (TPSA) is 38.3 Å². The number of anilines is 1. The molecule has 24 heavy (non-hydrogen) atoms. The second-order valence-corrected chi connectivity index (χ2v) is 5.70. The lowest BCUT2D eigenvalue weighted by Crippen LogP contribution is -2.11. The first-order valence-electron chi connectivity index (χ1n) is 7.54. The molecule has 1 N–H and O–H groups in total. The van der Waals surface area contributed by atoms with E-state index < -0.39 is 0 Å². The Balaban J connectivity index is 1.58. The summed E-state index contributed by atoms with van der Waals surface area (Å²) in [6.07, 6.45) is 0. The van der Waals surface area contributed by atoms with E-state index >= 15 is 0 Å². The van der Waals surface area contributed by atoms with Crippen LogP contribution >= 0.6 is 11.6 Å². The molecule has 0 bridgehead atoms. The molecule has 0 aromatic heterocycles. The molecule has 1 amide bonds. The highest BCUT2D eigenvalue weighted by Crippen LogP contribution is 2.18. The first kappa shape index (κ1) is 16.1. The van der Waals surface area contributed by atoms with E-state index in [1.807, 2.05) is 54.6 Å². The van der Waals surface area contributed by atoms with Crippen LogP contribution in [0.3, 0.4) is 0 Å². The number of nitrogens with one attached hydrogen (secondary N) is 1. The van der Waals surface area contributed by atoms with Gasteiger partial charge >= 0.3 is 0 Å². The summed E-state index contributed by atoms with van der Waals surface area (Å²) in [5.74, 6) is 0.577. The fourth-order valence-electron chi connectivity index (χ4n) is 2.18. The zero-order chi connectivity index (χ0) is 16.8. The summed E-state index contributed by atoms with van der Waals surface area (Å²) in [5.41, 5.74) is 2.38. The lowest BCUT2D eigenvalue weighted by molar-refractivity contribution is 0.102. The number of benzene rings is 3. The number of carbonyl (C=O) groups is 1. The van der Waals surface area contributed by atoms with Crippen molar-refractivity contribution in [1.29, 1.82) is 0 Å². The Bertz CT molecular complexity index is 799. The summed E-state index contributed by atoms with van der Waals surface area (Å²) in [7, 11) is 0. The van der Waals surface area contributed by atoms with E-state index in [2.05, 4.69) is 5.32 Å². The van der Waals surface area contributed by atoms with Gasteiger partial charge in [0.1, 0.15) is 12.4 Å². The van der Waals surface area contributed by atoms with Gasteiger partial charge in [-0.25, -0.2) is 0 Å². The molecule has 3 aromatic rings. The minimum absolute atomic E-state index is 0.176. The molecule has 0 heterocycles. The largest absolute Gasteiger partial charge is 0.489 e. The van der Waals surface area contributed by atoms with Crippen LogP contribution in [0.1, 0.15) is 15.9 Å². The zero-order valence-electron chi connectivity index (χ0n) is 12.9. The van der Waals surface area contributed by atoms with Crippen molar-refractivity contribution in [2.75, 3.05) is 5.32 Å². The van der Waals surface area contributed by atoms with Crippen LogP contribution in [0.5, 0.6) is 5.75 Å². The Hall–Kier alpha value is -2.78. The fraction of sp³-hybridized carbons (Fsp3) is 0.0500. The molecule has 0 fully saturated rings. The third kappa shape index (κ3) is 4.37. The summed E-state index contributed by atoms with van der Waals surface area (Å²) in [4.78, 5) is 12.1. The maximum absolute atomic E-state index is 12.1. The summed E-state index contributed by atoms with van der Waals surface area (Å²) >= 11 is 5.82. The maximum Gasteiger partial charge on any atom is 0.255 e. The highest BCUT2D eigenvalue weighted by Gasteiger charge is 2.06. The van der Waals surface area contributed by atoms with E-state index in [0.717, 1.165) is 11.3 Å². The van der Waals surface area contributed by atoms with E-state index in [-0.39, 0.29) is 5.91 Å². The number of amides is 1. The van der Waals surface area contributed by atoms with Crippen molar-refractivity contribution in [2.24, 2.45) is 0 Å². The van der Waals surface area contributed by atoms with Gasteiger partial charge in [0, 0.05) is 16.3 Å². The summed E-state index contributed by atoms with van der Waals surface area (Å²) in [5, 5.41) is 3.44. The third-order valence-corrected chi connectivity index (χ3v) is 3.72. The average Bonchev–Trinajstić information content (AvgIpc) is 2.62. The van der Waals surface area contributed by atoms with Gasteiger partial charge in [0.25, 0.3) is 5.91 Å². The molecule has 0 aliphatic heterocycles. The summed E-state index contributed by atoms with van der Waals surface area (Å²) < 4.78 is 5.72. The highest BCUT2D eigenvalue weighted by atomic mass is 35.5. The molecular weight excluding hydrogens is 322 g/mol. The summed E-state index contributed by atoms with van der Waals surface area (Å²) in [6.45, 7) is 0.511. The van der Waals surface area contributed by atoms with E-state index in [0.29, 0.717) is 22.9 Å². The highest BCUT2D eigenvalue weighted by molar-refractivity contribution is 6.30. The predicted molar refractivity (Wildman–Crippen MR) is 96.6 cm³/mol. The van der Waals surface area contributed by atoms with Crippen molar-refractivity contribution >= 4 is 23.2 Å². The van der Waals surface area contributed by atoms with Crippen LogP contribution in [0.25, 0.3) is 0 Å².